The van der Waals surface area contributed by atoms with E-state index in [-0.39, 0.29) is 10.6 Å². The van der Waals surface area contributed by atoms with E-state index in [1.54, 1.807) is 12.1 Å². The Kier molecular flexibility index (Phi) is 7.70. The van der Waals surface area contributed by atoms with E-state index >= 15 is 0 Å². The lowest BCUT2D eigenvalue weighted by Crippen LogP contribution is -2.04. The van der Waals surface area contributed by atoms with Crippen molar-refractivity contribution >= 4 is 11.4 Å². The maximum absolute atomic E-state index is 11.0. The van der Waals surface area contributed by atoms with Crippen LogP contribution >= 0.6 is 0 Å². The second kappa shape index (κ2) is 9.34. The van der Waals surface area contributed by atoms with E-state index in [0.29, 0.717) is 5.69 Å². The van der Waals surface area contributed by atoms with Gasteiger partial charge in [-0.2, -0.15) is 0 Å². The zero-order valence-electron chi connectivity index (χ0n) is 12.7. The number of nitrogens with zero attached hydrogens (tertiary/aromatic N) is 1. The molecule has 1 N–H and O–H groups in total. The van der Waals surface area contributed by atoms with E-state index < -0.39 is 0 Å². The third-order valence-electron chi connectivity index (χ3n) is 3.45. The summed E-state index contributed by atoms with van der Waals surface area (Å²) in [5.41, 5.74) is 1.72. The van der Waals surface area contributed by atoms with Crippen molar-refractivity contribution in [2.75, 3.05) is 11.9 Å². The average molecular weight is 278 g/mol. The van der Waals surface area contributed by atoms with Gasteiger partial charge in [0.2, 0.25) is 0 Å². The number of nitro benzene ring substituents is 1. The summed E-state index contributed by atoms with van der Waals surface area (Å²) in [7, 11) is 0. The SMILES string of the molecule is CCCCCCCCCNc1ccc(C)cc1[N+](=O)[O-]. The van der Waals surface area contributed by atoms with Crippen molar-refractivity contribution < 1.29 is 4.92 Å². The van der Waals surface area contributed by atoms with E-state index in [2.05, 4.69) is 12.2 Å². The molecule has 0 heterocycles. The lowest BCUT2D eigenvalue weighted by molar-refractivity contribution is -0.384. The van der Waals surface area contributed by atoms with Crippen molar-refractivity contribution in [2.24, 2.45) is 0 Å². The van der Waals surface area contributed by atoms with Gasteiger partial charge in [0, 0.05) is 12.6 Å². The second-order valence-corrected chi connectivity index (χ2v) is 5.33. The standard InChI is InChI=1S/C16H26N2O2/c1-3-4-5-6-7-8-9-12-17-15-11-10-14(2)13-16(15)18(19)20/h10-11,13,17H,3-9,12H2,1-2H3. The van der Waals surface area contributed by atoms with Gasteiger partial charge in [-0.25, -0.2) is 0 Å². The summed E-state index contributed by atoms with van der Waals surface area (Å²) >= 11 is 0. The molecular weight excluding hydrogens is 252 g/mol. The number of rotatable bonds is 10. The molecule has 0 radical (unpaired) electrons. The maximum Gasteiger partial charge on any atom is 0.292 e. The lowest BCUT2D eigenvalue weighted by atomic mass is 10.1. The predicted molar refractivity (Wildman–Crippen MR) is 84.3 cm³/mol. The Morgan fingerprint density at radius 1 is 1.10 bits per heavy atom. The highest BCUT2D eigenvalue weighted by atomic mass is 16.6. The molecule has 0 saturated heterocycles. The van der Waals surface area contributed by atoms with Gasteiger partial charge in [-0.15, -0.1) is 0 Å². The number of hydrogen-bond donors (Lipinski definition) is 1. The normalized spacial score (nSPS) is 10.5. The molecule has 20 heavy (non-hydrogen) atoms. The summed E-state index contributed by atoms with van der Waals surface area (Å²) < 4.78 is 0. The Bertz CT molecular complexity index is 419. The minimum absolute atomic E-state index is 0.174. The van der Waals surface area contributed by atoms with Gasteiger partial charge in [-0.1, -0.05) is 51.5 Å². The van der Waals surface area contributed by atoms with Crippen LogP contribution in [0.4, 0.5) is 11.4 Å². The van der Waals surface area contributed by atoms with E-state index in [0.717, 1.165) is 18.5 Å². The molecule has 0 amide bonds. The van der Waals surface area contributed by atoms with Crippen LogP contribution in [-0.2, 0) is 0 Å². The Morgan fingerprint density at radius 3 is 2.40 bits per heavy atom. The fourth-order valence-corrected chi connectivity index (χ4v) is 2.25. The Balaban J connectivity index is 2.27. The maximum atomic E-state index is 11.0. The largest absolute Gasteiger partial charge is 0.379 e. The minimum atomic E-state index is -0.319. The smallest absolute Gasteiger partial charge is 0.292 e. The summed E-state index contributed by atoms with van der Waals surface area (Å²) in [4.78, 5) is 10.7. The van der Waals surface area contributed by atoms with E-state index in [4.69, 9.17) is 0 Å². The molecule has 4 heteroatoms. The molecule has 0 bridgehead atoms. The molecule has 1 aromatic rings. The first kappa shape index (κ1) is 16.5. The third-order valence-corrected chi connectivity index (χ3v) is 3.45. The number of nitrogens with one attached hydrogen (secondary N) is 1. The molecule has 4 nitrogen and oxygen atoms in total. The van der Waals surface area contributed by atoms with Crippen LogP contribution in [0.5, 0.6) is 0 Å². The predicted octanol–water partition coefficient (Wildman–Crippen LogP) is 5.07. The van der Waals surface area contributed by atoms with Crippen LogP contribution < -0.4 is 5.32 Å². The number of anilines is 1. The van der Waals surface area contributed by atoms with Gasteiger partial charge in [-0.05, 0) is 25.0 Å². The highest BCUT2D eigenvalue weighted by Gasteiger charge is 2.12. The van der Waals surface area contributed by atoms with Gasteiger partial charge in [0.15, 0.2) is 0 Å². The number of hydrogen-bond acceptors (Lipinski definition) is 3. The van der Waals surface area contributed by atoms with Gasteiger partial charge in [0.1, 0.15) is 5.69 Å². The van der Waals surface area contributed by atoms with Crippen molar-refractivity contribution in [3.8, 4) is 0 Å². The summed E-state index contributed by atoms with van der Waals surface area (Å²) in [5, 5.41) is 14.2. The topological polar surface area (TPSA) is 55.2 Å². The van der Waals surface area contributed by atoms with Crippen LogP contribution in [0.15, 0.2) is 18.2 Å². The van der Waals surface area contributed by atoms with Crippen molar-refractivity contribution in [1.29, 1.82) is 0 Å². The van der Waals surface area contributed by atoms with Crippen LogP contribution in [0.3, 0.4) is 0 Å². The highest BCUT2D eigenvalue weighted by molar-refractivity contribution is 5.62. The second-order valence-electron chi connectivity index (χ2n) is 5.33. The summed E-state index contributed by atoms with van der Waals surface area (Å²) in [6.07, 6.45) is 8.75. The summed E-state index contributed by atoms with van der Waals surface area (Å²) in [6.45, 7) is 4.89. The zero-order chi connectivity index (χ0) is 14.8. The molecular formula is C16H26N2O2. The van der Waals surface area contributed by atoms with E-state index in [1.165, 1.54) is 38.5 Å². The number of unbranched alkanes of at least 4 members (excludes halogenated alkanes) is 6. The quantitative estimate of drug-likeness (QED) is 0.369. The number of nitro groups is 1. The molecule has 112 valence electrons. The monoisotopic (exact) mass is 278 g/mol. The van der Waals surface area contributed by atoms with Gasteiger partial charge in [0.25, 0.3) is 5.69 Å². The number of aryl methyl sites for hydroxylation is 1. The van der Waals surface area contributed by atoms with Gasteiger partial charge in [0.05, 0.1) is 4.92 Å². The Morgan fingerprint density at radius 2 is 1.75 bits per heavy atom. The molecule has 0 aliphatic heterocycles. The zero-order valence-corrected chi connectivity index (χ0v) is 12.7. The van der Waals surface area contributed by atoms with Gasteiger partial charge < -0.3 is 5.32 Å². The highest BCUT2D eigenvalue weighted by Crippen LogP contribution is 2.25. The number of benzene rings is 1. The summed E-state index contributed by atoms with van der Waals surface area (Å²) in [6, 6.07) is 5.32. The third kappa shape index (κ3) is 6.04. The first-order chi connectivity index (χ1) is 9.65. The summed E-state index contributed by atoms with van der Waals surface area (Å²) in [5.74, 6) is 0. The molecule has 0 saturated carbocycles. The van der Waals surface area contributed by atoms with Crippen molar-refractivity contribution in [2.45, 2.75) is 58.8 Å². The fraction of sp³-hybridized carbons (Fsp3) is 0.625. The molecule has 0 atom stereocenters. The molecule has 0 spiro atoms. The molecule has 1 rings (SSSR count). The van der Waals surface area contributed by atoms with Crippen LogP contribution in [0.25, 0.3) is 0 Å². The van der Waals surface area contributed by atoms with Crippen LogP contribution in [0, 0.1) is 17.0 Å². The molecule has 1 aromatic carbocycles. The molecule has 0 aliphatic carbocycles. The molecule has 0 aliphatic rings. The lowest BCUT2D eigenvalue weighted by Gasteiger charge is -2.07. The first-order valence-electron chi connectivity index (χ1n) is 7.64. The van der Waals surface area contributed by atoms with Gasteiger partial charge >= 0.3 is 0 Å². The van der Waals surface area contributed by atoms with Crippen LogP contribution in [0.1, 0.15) is 57.4 Å². The Labute approximate surface area is 121 Å². The minimum Gasteiger partial charge on any atom is -0.379 e. The molecule has 0 fully saturated rings. The van der Waals surface area contributed by atoms with Crippen LogP contribution in [-0.4, -0.2) is 11.5 Å². The first-order valence-corrected chi connectivity index (χ1v) is 7.64. The van der Waals surface area contributed by atoms with E-state index in [9.17, 15) is 10.1 Å². The van der Waals surface area contributed by atoms with Gasteiger partial charge in [-0.3, -0.25) is 10.1 Å². The average Bonchev–Trinajstić information content (AvgIpc) is 2.43. The Hall–Kier alpha value is -1.58. The van der Waals surface area contributed by atoms with Crippen molar-refractivity contribution in [1.82, 2.24) is 0 Å². The fourth-order valence-electron chi connectivity index (χ4n) is 2.25. The van der Waals surface area contributed by atoms with Crippen molar-refractivity contribution in [3.05, 3.63) is 33.9 Å². The molecule has 0 aromatic heterocycles. The van der Waals surface area contributed by atoms with E-state index in [1.807, 2.05) is 13.0 Å². The molecule has 0 unspecified atom stereocenters. The van der Waals surface area contributed by atoms with Crippen molar-refractivity contribution in [3.63, 3.8) is 0 Å². The van der Waals surface area contributed by atoms with Crippen LogP contribution in [0.2, 0.25) is 0 Å².